The lowest BCUT2D eigenvalue weighted by Crippen LogP contribution is -2.39. The molecule has 1 aromatic heterocycles. The largest absolute Gasteiger partial charge is 0.320 e. The number of anilines is 1. The van der Waals surface area contributed by atoms with Crippen LogP contribution in [-0.4, -0.2) is 22.1 Å². The van der Waals surface area contributed by atoms with E-state index in [1.807, 2.05) is 13.8 Å². The van der Waals surface area contributed by atoms with Crippen LogP contribution < -0.4 is 11.1 Å². The van der Waals surface area contributed by atoms with Crippen LogP contribution in [0.1, 0.15) is 13.8 Å². The Morgan fingerprint density at radius 2 is 2.38 bits per heavy atom. The molecule has 0 spiro atoms. The monoisotopic (exact) mass is 182 g/mol. The van der Waals surface area contributed by atoms with E-state index < -0.39 is 6.04 Å². The van der Waals surface area contributed by atoms with Crippen molar-refractivity contribution in [3.05, 3.63) is 12.3 Å². The predicted molar refractivity (Wildman–Crippen MR) is 50.0 cm³/mol. The first-order valence-electron chi connectivity index (χ1n) is 4.17. The molecule has 0 aliphatic rings. The van der Waals surface area contributed by atoms with Gasteiger partial charge in [0.15, 0.2) is 0 Å². The van der Waals surface area contributed by atoms with Crippen molar-refractivity contribution < 1.29 is 4.79 Å². The number of rotatable bonds is 3. The zero-order valence-electron chi connectivity index (χ0n) is 7.74. The van der Waals surface area contributed by atoms with E-state index in [9.17, 15) is 4.79 Å². The van der Waals surface area contributed by atoms with E-state index in [4.69, 9.17) is 5.73 Å². The fourth-order valence-electron chi connectivity index (χ4n) is 0.844. The van der Waals surface area contributed by atoms with Crippen molar-refractivity contribution in [1.82, 2.24) is 10.2 Å². The Bertz CT molecular complexity index is 268. The fourth-order valence-corrected chi connectivity index (χ4v) is 0.844. The normalized spacial score (nSPS) is 12.9. The van der Waals surface area contributed by atoms with Gasteiger partial charge in [0.2, 0.25) is 5.91 Å². The lowest BCUT2D eigenvalue weighted by atomic mass is 10.1. The van der Waals surface area contributed by atoms with Crippen molar-refractivity contribution >= 4 is 11.7 Å². The summed E-state index contributed by atoms with van der Waals surface area (Å²) in [5.41, 5.74) is 5.63. The molecule has 5 nitrogen and oxygen atoms in total. The van der Waals surface area contributed by atoms with E-state index in [-0.39, 0.29) is 11.8 Å². The van der Waals surface area contributed by atoms with E-state index in [2.05, 4.69) is 15.5 Å². The third-order valence-corrected chi connectivity index (χ3v) is 1.78. The van der Waals surface area contributed by atoms with Gasteiger partial charge < -0.3 is 11.1 Å². The minimum absolute atomic E-state index is 0.128. The highest BCUT2D eigenvalue weighted by molar-refractivity contribution is 5.93. The molecule has 1 atom stereocenters. The second-order valence-electron chi connectivity index (χ2n) is 3.23. The van der Waals surface area contributed by atoms with Crippen LogP contribution in [0, 0.1) is 5.92 Å². The lowest BCUT2D eigenvalue weighted by Gasteiger charge is -2.13. The number of aromatic nitrogens is 2. The summed E-state index contributed by atoms with van der Waals surface area (Å²) < 4.78 is 0. The Morgan fingerprint density at radius 3 is 2.85 bits per heavy atom. The Morgan fingerprint density at radius 1 is 1.69 bits per heavy atom. The van der Waals surface area contributed by atoms with Gasteiger partial charge in [0.1, 0.15) is 5.82 Å². The molecule has 4 N–H and O–H groups in total. The maximum absolute atomic E-state index is 11.4. The molecule has 0 bridgehead atoms. The Kier molecular flexibility index (Phi) is 3.02. The summed E-state index contributed by atoms with van der Waals surface area (Å²) in [6.45, 7) is 3.80. The first-order valence-corrected chi connectivity index (χ1v) is 4.17. The van der Waals surface area contributed by atoms with Crippen molar-refractivity contribution in [2.24, 2.45) is 11.7 Å². The number of H-pyrrole nitrogens is 1. The van der Waals surface area contributed by atoms with Crippen molar-refractivity contribution in [2.75, 3.05) is 5.32 Å². The molecular formula is C8H14N4O. The van der Waals surface area contributed by atoms with E-state index >= 15 is 0 Å². The molecule has 0 saturated carbocycles. The van der Waals surface area contributed by atoms with Crippen LogP contribution in [0.5, 0.6) is 0 Å². The third-order valence-electron chi connectivity index (χ3n) is 1.78. The van der Waals surface area contributed by atoms with Gasteiger partial charge in [-0.15, -0.1) is 0 Å². The quantitative estimate of drug-likeness (QED) is 0.630. The Balaban J connectivity index is 2.51. The summed E-state index contributed by atoms with van der Waals surface area (Å²) in [6.07, 6.45) is 1.57. The molecule has 1 heterocycles. The summed E-state index contributed by atoms with van der Waals surface area (Å²) >= 11 is 0. The number of carbonyl (C=O) groups is 1. The number of nitrogens with two attached hydrogens (primary N) is 1. The molecule has 5 heteroatoms. The van der Waals surface area contributed by atoms with Gasteiger partial charge in [-0.3, -0.25) is 9.89 Å². The third kappa shape index (κ3) is 2.55. The SMILES string of the molecule is CC(C)[C@@H](N)C(=O)Nc1ccn[nH]1. The average Bonchev–Trinajstić information content (AvgIpc) is 2.55. The van der Waals surface area contributed by atoms with Crippen LogP contribution in [-0.2, 0) is 4.79 Å². The molecule has 72 valence electrons. The molecule has 1 rings (SSSR count). The highest BCUT2D eigenvalue weighted by atomic mass is 16.2. The summed E-state index contributed by atoms with van der Waals surface area (Å²) in [5, 5.41) is 8.94. The standard InChI is InChI=1S/C8H14N4O/c1-5(2)7(9)8(13)11-6-3-4-10-12-6/h3-5,7H,9H2,1-2H3,(H2,10,11,12,13)/t7-/m1/s1. The predicted octanol–water partition coefficient (Wildman–Crippen LogP) is 0.331. The van der Waals surface area contributed by atoms with Crippen LogP contribution in [0.3, 0.4) is 0 Å². The Labute approximate surface area is 76.7 Å². The number of nitrogens with one attached hydrogen (secondary N) is 2. The number of aromatic amines is 1. The Hall–Kier alpha value is -1.36. The van der Waals surface area contributed by atoms with Gasteiger partial charge in [-0.2, -0.15) is 5.10 Å². The number of amides is 1. The minimum atomic E-state index is -0.483. The van der Waals surface area contributed by atoms with Crippen molar-refractivity contribution in [2.45, 2.75) is 19.9 Å². The van der Waals surface area contributed by atoms with Gasteiger partial charge in [-0.1, -0.05) is 13.8 Å². The molecular weight excluding hydrogens is 168 g/mol. The van der Waals surface area contributed by atoms with Crippen molar-refractivity contribution in [3.63, 3.8) is 0 Å². The van der Waals surface area contributed by atoms with Crippen LogP contribution in [0.4, 0.5) is 5.82 Å². The molecule has 1 aromatic rings. The minimum Gasteiger partial charge on any atom is -0.320 e. The summed E-state index contributed by atoms with van der Waals surface area (Å²) in [6, 6.07) is 1.19. The zero-order valence-corrected chi connectivity index (χ0v) is 7.74. The van der Waals surface area contributed by atoms with Crippen LogP contribution in [0.2, 0.25) is 0 Å². The summed E-state index contributed by atoms with van der Waals surface area (Å²) in [5.74, 6) is 0.503. The summed E-state index contributed by atoms with van der Waals surface area (Å²) in [7, 11) is 0. The van der Waals surface area contributed by atoms with Crippen LogP contribution >= 0.6 is 0 Å². The molecule has 0 unspecified atom stereocenters. The van der Waals surface area contributed by atoms with Crippen molar-refractivity contribution in [1.29, 1.82) is 0 Å². The van der Waals surface area contributed by atoms with E-state index in [0.717, 1.165) is 0 Å². The van der Waals surface area contributed by atoms with Gasteiger partial charge in [-0.25, -0.2) is 0 Å². The molecule has 0 aliphatic carbocycles. The van der Waals surface area contributed by atoms with E-state index in [1.54, 1.807) is 12.3 Å². The highest BCUT2D eigenvalue weighted by Crippen LogP contribution is 2.03. The van der Waals surface area contributed by atoms with Gasteiger partial charge in [0.05, 0.1) is 12.2 Å². The van der Waals surface area contributed by atoms with Crippen molar-refractivity contribution in [3.8, 4) is 0 Å². The van der Waals surface area contributed by atoms with Crippen LogP contribution in [0.25, 0.3) is 0 Å². The maximum atomic E-state index is 11.4. The molecule has 0 fully saturated rings. The molecule has 0 aliphatic heterocycles. The molecule has 0 radical (unpaired) electrons. The van der Waals surface area contributed by atoms with Gasteiger partial charge in [0, 0.05) is 6.07 Å². The number of hydrogen-bond donors (Lipinski definition) is 3. The number of hydrogen-bond acceptors (Lipinski definition) is 3. The van der Waals surface area contributed by atoms with Gasteiger partial charge >= 0.3 is 0 Å². The van der Waals surface area contributed by atoms with Gasteiger partial charge in [0.25, 0.3) is 0 Å². The fraction of sp³-hybridized carbons (Fsp3) is 0.500. The highest BCUT2D eigenvalue weighted by Gasteiger charge is 2.17. The molecule has 0 aromatic carbocycles. The molecule has 0 saturated heterocycles. The molecule has 13 heavy (non-hydrogen) atoms. The average molecular weight is 182 g/mol. The number of nitrogens with zero attached hydrogens (tertiary/aromatic N) is 1. The zero-order chi connectivity index (χ0) is 9.84. The first kappa shape index (κ1) is 9.73. The van der Waals surface area contributed by atoms with E-state index in [0.29, 0.717) is 5.82 Å². The maximum Gasteiger partial charge on any atom is 0.242 e. The van der Waals surface area contributed by atoms with Gasteiger partial charge in [-0.05, 0) is 5.92 Å². The summed E-state index contributed by atoms with van der Waals surface area (Å²) in [4.78, 5) is 11.4. The van der Waals surface area contributed by atoms with Crippen LogP contribution in [0.15, 0.2) is 12.3 Å². The number of carbonyl (C=O) groups excluding carboxylic acids is 1. The first-order chi connectivity index (χ1) is 6.11. The topological polar surface area (TPSA) is 83.8 Å². The van der Waals surface area contributed by atoms with E-state index in [1.165, 1.54) is 0 Å². The lowest BCUT2D eigenvalue weighted by molar-refractivity contribution is -0.118. The second-order valence-corrected chi connectivity index (χ2v) is 3.23. The molecule has 1 amide bonds. The smallest absolute Gasteiger partial charge is 0.242 e. The second kappa shape index (κ2) is 4.04.